The van der Waals surface area contributed by atoms with E-state index in [4.69, 9.17) is 4.74 Å². The van der Waals surface area contributed by atoms with Gasteiger partial charge in [-0.2, -0.15) is 0 Å². The fourth-order valence-electron chi connectivity index (χ4n) is 4.41. The van der Waals surface area contributed by atoms with Crippen LogP contribution in [0.2, 0.25) is 0 Å². The number of rotatable bonds is 4. The van der Waals surface area contributed by atoms with E-state index in [9.17, 15) is 4.79 Å². The second kappa shape index (κ2) is 8.66. The summed E-state index contributed by atoms with van der Waals surface area (Å²) < 4.78 is 5.47. The second-order valence-electron chi connectivity index (χ2n) is 9.15. The molecule has 0 bridgehead atoms. The number of nitrogens with one attached hydrogen (secondary N) is 1. The van der Waals surface area contributed by atoms with Crippen molar-refractivity contribution in [3.05, 3.63) is 58.0 Å². The molecule has 6 heteroatoms. The Hall–Kier alpha value is -2.73. The molecule has 168 valence electrons. The van der Waals surface area contributed by atoms with Crippen molar-refractivity contribution in [1.29, 1.82) is 0 Å². The third-order valence-corrected chi connectivity index (χ3v) is 7.25. The molecule has 0 aromatic heterocycles. The first kappa shape index (κ1) is 22.5. The minimum Gasteiger partial charge on any atom is -0.494 e. The third-order valence-electron chi connectivity index (χ3n) is 6.34. The van der Waals surface area contributed by atoms with Gasteiger partial charge in [-0.3, -0.25) is 4.79 Å². The van der Waals surface area contributed by atoms with Crippen LogP contribution in [0.25, 0.3) is 6.08 Å². The number of nitrogens with zero attached hydrogens (tertiary/aromatic N) is 2. The SMILES string of the molecule is CCOc1ccc(N=C2NC(=O)/C(=C/c3cc4c(cc3C)N(C)C(C)(C)C[C@H]4C)S2)cc1. The minimum absolute atomic E-state index is 0.108. The molecule has 1 saturated heterocycles. The van der Waals surface area contributed by atoms with Gasteiger partial charge in [-0.1, -0.05) is 6.92 Å². The number of aliphatic imine (C=N–C) groups is 1. The van der Waals surface area contributed by atoms with E-state index < -0.39 is 0 Å². The lowest BCUT2D eigenvalue weighted by atomic mass is 9.79. The third kappa shape index (κ3) is 4.42. The lowest BCUT2D eigenvalue weighted by Crippen LogP contribution is -2.45. The first-order valence-corrected chi connectivity index (χ1v) is 11.9. The highest BCUT2D eigenvalue weighted by Crippen LogP contribution is 2.44. The predicted molar refractivity (Wildman–Crippen MR) is 135 cm³/mol. The summed E-state index contributed by atoms with van der Waals surface area (Å²) in [6.07, 6.45) is 3.09. The molecule has 0 saturated carbocycles. The summed E-state index contributed by atoms with van der Waals surface area (Å²) in [5.41, 5.74) is 5.79. The van der Waals surface area contributed by atoms with Crippen LogP contribution < -0.4 is 15.0 Å². The molecule has 0 radical (unpaired) electrons. The largest absolute Gasteiger partial charge is 0.494 e. The number of carbonyl (C=O) groups excluding carboxylic acids is 1. The number of amidine groups is 1. The molecule has 32 heavy (non-hydrogen) atoms. The summed E-state index contributed by atoms with van der Waals surface area (Å²) in [7, 11) is 2.17. The Balaban J connectivity index is 1.59. The number of amides is 1. The van der Waals surface area contributed by atoms with Crippen LogP contribution in [0, 0.1) is 6.92 Å². The maximum Gasteiger partial charge on any atom is 0.264 e. The summed E-state index contributed by atoms with van der Waals surface area (Å²) in [4.78, 5) is 20.2. The molecule has 1 fully saturated rings. The van der Waals surface area contributed by atoms with E-state index in [1.54, 1.807) is 0 Å². The van der Waals surface area contributed by atoms with Gasteiger partial charge in [0.1, 0.15) is 5.75 Å². The van der Waals surface area contributed by atoms with Gasteiger partial charge in [-0.15, -0.1) is 0 Å². The van der Waals surface area contributed by atoms with Gasteiger partial charge in [-0.05, 0) is 111 Å². The van der Waals surface area contributed by atoms with Crippen molar-refractivity contribution < 1.29 is 9.53 Å². The Kier molecular flexibility index (Phi) is 6.08. The van der Waals surface area contributed by atoms with Crippen LogP contribution in [0.1, 0.15) is 56.7 Å². The number of thioether (sulfide) groups is 1. The molecule has 5 nitrogen and oxygen atoms in total. The van der Waals surface area contributed by atoms with Gasteiger partial charge in [0, 0.05) is 18.3 Å². The molecule has 0 aliphatic carbocycles. The average molecular weight is 450 g/mol. The summed E-state index contributed by atoms with van der Waals surface area (Å²) >= 11 is 1.38. The van der Waals surface area contributed by atoms with Crippen molar-refractivity contribution in [1.82, 2.24) is 5.32 Å². The number of aryl methyl sites for hydroxylation is 1. The Morgan fingerprint density at radius 3 is 2.69 bits per heavy atom. The monoisotopic (exact) mass is 449 g/mol. The molecular formula is C26H31N3O2S. The van der Waals surface area contributed by atoms with Crippen LogP contribution in [0.3, 0.4) is 0 Å². The van der Waals surface area contributed by atoms with E-state index in [0.717, 1.165) is 23.4 Å². The van der Waals surface area contributed by atoms with E-state index in [0.29, 0.717) is 22.6 Å². The van der Waals surface area contributed by atoms with Crippen molar-refractivity contribution >= 4 is 40.3 Å². The van der Waals surface area contributed by atoms with E-state index in [2.05, 4.69) is 62.1 Å². The second-order valence-corrected chi connectivity index (χ2v) is 10.2. The van der Waals surface area contributed by atoms with Gasteiger partial charge >= 0.3 is 0 Å². The fourth-order valence-corrected chi connectivity index (χ4v) is 5.25. The molecule has 4 rings (SSSR count). The Bertz CT molecular complexity index is 1100. The van der Waals surface area contributed by atoms with Crippen LogP contribution >= 0.6 is 11.8 Å². The van der Waals surface area contributed by atoms with Crippen LogP contribution in [-0.2, 0) is 4.79 Å². The molecule has 2 aromatic carbocycles. The quantitative estimate of drug-likeness (QED) is 0.581. The summed E-state index contributed by atoms with van der Waals surface area (Å²) in [6, 6.07) is 12.1. The molecule has 1 N–H and O–H groups in total. The topological polar surface area (TPSA) is 53.9 Å². The lowest BCUT2D eigenvalue weighted by molar-refractivity contribution is -0.115. The van der Waals surface area contributed by atoms with Gasteiger partial charge in [0.2, 0.25) is 0 Å². The average Bonchev–Trinajstić information content (AvgIpc) is 3.07. The van der Waals surface area contributed by atoms with Gasteiger partial charge in [0.05, 0.1) is 17.2 Å². The minimum atomic E-state index is -0.108. The van der Waals surface area contributed by atoms with Crippen LogP contribution in [-0.4, -0.2) is 30.3 Å². The van der Waals surface area contributed by atoms with Crippen LogP contribution in [0.4, 0.5) is 11.4 Å². The number of hydrogen-bond acceptors (Lipinski definition) is 5. The highest BCUT2D eigenvalue weighted by molar-refractivity contribution is 8.18. The summed E-state index contributed by atoms with van der Waals surface area (Å²) in [5, 5.41) is 3.48. The lowest BCUT2D eigenvalue weighted by Gasteiger charge is -2.45. The van der Waals surface area contributed by atoms with E-state index in [1.807, 2.05) is 37.3 Å². The van der Waals surface area contributed by atoms with E-state index in [-0.39, 0.29) is 11.4 Å². The van der Waals surface area contributed by atoms with Crippen molar-refractivity contribution in [3.8, 4) is 5.75 Å². The number of carbonyl (C=O) groups is 1. The van der Waals surface area contributed by atoms with Gasteiger partial charge in [0.15, 0.2) is 5.17 Å². The summed E-state index contributed by atoms with van der Waals surface area (Å²) in [6.45, 7) is 11.6. The molecule has 2 aliphatic heterocycles. The van der Waals surface area contributed by atoms with Crippen molar-refractivity contribution in [2.45, 2.75) is 52.5 Å². The zero-order valence-electron chi connectivity index (χ0n) is 19.7. The van der Waals surface area contributed by atoms with E-state index >= 15 is 0 Å². The van der Waals surface area contributed by atoms with Crippen LogP contribution in [0.15, 0.2) is 46.3 Å². The van der Waals surface area contributed by atoms with Crippen molar-refractivity contribution in [3.63, 3.8) is 0 Å². The first-order valence-electron chi connectivity index (χ1n) is 11.1. The highest BCUT2D eigenvalue weighted by atomic mass is 32.2. The number of fused-ring (bicyclic) bond motifs is 1. The molecule has 1 atom stereocenters. The standard InChI is InChI=1S/C26H31N3O2S/c1-7-31-20-10-8-19(9-11-20)27-25-28-24(30)23(32-25)14-18-13-21-17(3)15-26(4,5)29(6)22(21)12-16(18)2/h8-14,17H,7,15H2,1-6H3,(H,27,28,30)/b23-14-/t17-/m1/s1. The molecule has 2 heterocycles. The molecule has 1 amide bonds. The van der Waals surface area contributed by atoms with E-state index in [1.165, 1.54) is 28.6 Å². The highest BCUT2D eigenvalue weighted by Gasteiger charge is 2.34. The molecule has 2 aromatic rings. The number of benzene rings is 2. The van der Waals surface area contributed by atoms with Crippen molar-refractivity contribution in [2.24, 2.45) is 4.99 Å². The fraction of sp³-hybridized carbons (Fsp3) is 0.385. The zero-order valence-corrected chi connectivity index (χ0v) is 20.5. The molecule has 0 unspecified atom stereocenters. The maximum absolute atomic E-state index is 12.6. The Morgan fingerprint density at radius 1 is 1.28 bits per heavy atom. The van der Waals surface area contributed by atoms with Gasteiger partial charge in [0.25, 0.3) is 5.91 Å². The molecule has 0 spiro atoms. The Morgan fingerprint density at radius 2 is 2.00 bits per heavy atom. The van der Waals surface area contributed by atoms with Gasteiger partial charge < -0.3 is 15.0 Å². The van der Waals surface area contributed by atoms with Gasteiger partial charge in [-0.25, -0.2) is 4.99 Å². The smallest absolute Gasteiger partial charge is 0.264 e. The first-order chi connectivity index (χ1) is 15.2. The maximum atomic E-state index is 12.6. The molecule has 2 aliphatic rings. The number of anilines is 1. The Labute approximate surface area is 194 Å². The number of hydrogen-bond donors (Lipinski definition) is 1. The molecular weight excluding hydrogens is 418 g/mol. The van der Waals surface area contributed by atoms with Crippen molar-refractivity contribution in [2.75, 3.05) is 18.6 Å². The number of ether oxygens (including phenoxy) is 1. The normalized spacial score (nSPS) is 22.2. The van der Waals surface area contributed by atoms with Crippen LogP contribution in [0.5, 0.6) is 5.75 Å². The zero-order chi connectivity index (χ0) is 23.0. The summed E-state index contributed by atoms with van der Waals surface area (Å²) in [5.74, 6) is 1.17. The predicted octanol–water partition coefficient (Wildman–Crippen LogP) is 6.01.